The first-order chi connectivity index (χ1) is 9.70. The summed E-state index contributed by atoms with van der Waals surface area (Å²) in [4.78, 5) is 2.35. The van der Waals surface area contributed by atoms with E-state index in [4.69, 9.17) is 0 Å². The number of aromatic nitrogens is 2. The minimum absolute atomic E-state index is 0.557. The van der Waals surface area contributed by atoms with E-state index in [0.29, 0.717) is 6.04 Å². The molecule has 0 spiro atoms. The van der Waals surface area contributed by atoms with Gasteiger partial charge in [-0.05, 0) is 44.4 Å². The summed E-state index contributed by atoms with van der Waals surface area (Å²) in [6.45, 7) is 6.25. The van der Waals surface area contributed by atoms with Gasteiger partial charge in [-0.2, -0.15) is 0 Å². The van der Waals surface area contributed by atoms with Gasteiger partial charge in [-0.25, -0.2) is 0 Å². The number of aryl methyl sites for hydroxylation is 2. The highest BCUT2D eigenvalue weighted by molar-refractivity contribution is 7.15. The van der Waals surface area contributed by atoms with E-state index >= 15 is 0 Å². The third kappa shape index (κ3) is 3.10. The third-order valence-corrected chi connectivity index (χ3v) is 4.57. The maximum atomic E-state index is 4.23. The molecule has 1 saturated heterocycles. The van der Waals surface area contributed by atoms with E-state index in [2.05, 4.69) is 51.6 Å². The number of hydrogen-bond donors (Lipinski definition) is 1. The first-order valence-electron chi connectivity index (χ1n) is 7.09. The summed E-state index contributed by atoms with van der Waals surface area (Å²) in [6.07, 6.45) is 2.29. The molecule has 0 amide bonds. The zero-order chi connectivity index (χ0) is 13.9. The predicted molar refractivity (Wildman–Crippen MR) is 84.7 cm³/mol. The van der Waals surface area contributed by atoms with E-state index in [0.717, 1.165) is 36.1 Å². The lowest BCUT2D eigenvalue weighted by Crippen LogP contribution is -2.39. The van der Waals surface area contributed by atoms with Gasteiger partial charge in [0.1, 0.15) is 5.01 Å². The second-order valence-electron chi connectivity index (χ2n) is 5.38. The first kappa shape index (κ1) is 13.4. The van der Waals surface area contributed by atoms with Crippen LogP contribution in [0.2, 0.25) is 0 Å². The normalized spacial score (nSPS) is 16.4. The van der Waals surface area contributed by atoms with Crippen LogP contribution in [0.3, 0.4) is 0 Å². The average Bonchev–Trinajstić information content (AvgIpc) is 2.86. The highest BCUT2D eigenvalue weighted by atomic mass is 32.1. The van der Waals surface area contributed by atoms with Gasteiger partial charge < -0.3 is 10.2 Å². The largest absolute Gasteiger partial charge is 0.382 e. The van der Waals surface area contributed by atoms with Crippen LogP contribution in [0.15, 0.2) is 24.3 Å². The molecule has 20 heavy (non-hydrogen) atoms. The Bertz CT molecular complexity index is 573. The highest BCUT2D eigenvalue weighted by Gasteiger charge is 2.21. The van der Waals surface area contributed by atoms with Crippen LogP contribution >= 0.6 is 11.3 Å². The van der Waals surface area contributed by atoms with Crippen molar-refractivity contribution in [3.05, 3.63) is 34.8 Å². The highest BCUT2D eigenvalue weighted by Crippen LogP contribution is 2.24. The van der Waals surface area contributed by atoms with Crippen LogP contribution in [0, 0.1) is 13.8 Å². The Morgan fingerprint density at radius 3 is 2.65 bits per heavy atom. The predicted octanol–water partition coefficient (Wildman–Crippen LogP) is 3.24. The molecule has 1 aliphatic heterocycles. The molecule has 0 radical (unpaired) electrons. The van der Waals surface area contributed by atoms with Gasteiger partial charge in [0.15, 0.2) is 0 Å². The van der Waals surface area contributed by atoms with Crippen LogP contribution in [0.25, 0.3) is 0 Å². The lowest BCUT2D eigenvalue weighted by molar-refractivity contribution is 0.525. The molecular formula is C15H20N4S. The molecule has 1 aromatic carbocycles. The summed E-state index contributed by atoms with van der Waals surface area (Å²) in [5.41, 5.74) is 2.53. The van der Waals surface area contributed by atoms with Crippen LogP contribution in [0.4, 0.5) is 10.8 Å². The zero-order valence-corrected chi connectivity index (χ0v) is 12.8. The number of piperidine rings is 1. The maximum Gasteiger partial charge on any atom is 0.208 e. The molecule has 1 N–H and O–H groups in total. The summed E-state index contributed by atoms with van der Waals surface area (Å²) < 4.78 is 0. The molecule has 4 nitrogen and oxygen atoms in total. The molecule has 1 aliphatic rings. The quantitative estimate of drug-likeness (QED) is 0.941. The van der Waals surface area contributed by atoms with Crippen molar-refractivity contribution in [1.82, 2.24) is 10.2 Å². The summed E-state index contributed by atoms with van der Waals surface area (Å²) in [6, 6.07) is 9.15. The van der Waals surface area contributed by atoms with E-state index < -0.39 is 0 Å². The molecule has 0 unspecified atom stereocenters. The molecule has 0 atom stereocenters. The van der Waals surface area contributed by atoms with Crippen molar-refractivity contribution in [2.45, 2.75) is 32.7 Å². The fourth-order valence-electron chi connectivity index (χ4n) is 2.60. The molecule has 1 aromatic heterocycles. The molecule has 0 aliphatic carbocycles. The van der Waals surface area contributed by atoms with Crippen LogP contribution in [-0.4, -0.2) is 29.3 Å². The molecule has 2 heterocycles. The van der Waals surface area contributed by atoms with E-state index in [9.17, 15) is 0 Å². The smallest absolute Gasteiger partial charge is 0.208 e. The molecule has 0 bridgehead atoms. The van der Waals surface area contributed by atoms with E-state index in [1.54, 1.807) is 11.3 Å². The SMILES string of the molecule is Cc1cccc(NC2CCN(c3nnc(C)s3)CC2)c1. The lowest BCUT2D eigenvalue weighted by Gasteiger charge is -2.32. The minimum atomic E-state index is 0.557. The van der Waals surface area contributed by atoms with Crippen LogP contribution in [0.5, 0.6) is 0 Å². The van der Waals surface area contributed by atoms with Crippen molar-refractivity contribution >= 4 is 22.2 Å². The molecule has 5 heteroatoms. The molecular weight excluding hydrogens is 268 g/mol. The minimum Gasteiger partial charge on any atom is -0.382 e. The van der Waals surface area contributed by atoms with E-state index in [1.165, 1.54) is 11.3 Å². The Morgan fingerprint density at radius 1 is 1.20 bits per heavy atom. The summed E-state index contributed by atoms with van der Waals surface area (Å²) >= 11 is 1.68. The van der Waals surface area contributed by atoms with Gasteiger partial charge in [0.2, 0.25) is 5.13 Å². The second kappa shape index (κ2) is 5.79. The van der Waals surface area contributed by atoms with Crippen molar-refractivity contribution in [2.24, 2.45) is 0 Å². The van der Waals surface area contributed by atoms with Crippen LogP contribution in [-0.2, 0) is 0 Å². The summed E-state index contributed by atoms with van der Waals surface area (Å²) in [7, 11) is 0. The van der Waals surface area contributed by atoms with Gasteiger partial charge in [-0.1, -0.05) is 23.5 Å². The van der Waals surface area contributed by atoms with Gasteiger partial charge in [0.25, 0.3) is 0 Å². The number of nitrogens with one attached hydrogen (secondary N) is 1. The maximum absolute atomic E-state index is 4.23. The monoisotopic (exact) mass is 288 g/mol. The number of benzene rings is 1. The Hall–Kier alpha value is -1.62. The van der Waals surface area contributed by atoms with Crippen molar-refractivity contribution in [2.75, 3.05) is 23.3 Å². The van der Waals surface area contributed by atoms with E-state index in [-0.39, 0.29) is 0 Å². The standard InChI is InChI=1S/C15H20N4S/c1-11-4-3-5-14(10-11)16-13-6-8-19(9-7-13)15-18-17-12(2)20-15/h3-5,10,13,16H,6-9H2,1-2H3. The molecule has 1 fully saturated rings. The fourth-order valence-corrected chi connectivity index (χ4v) is 3.34. The topological polar surface area (TPSA) is 41.0 Å². The molecule has 2 aromatic rings. The van der Waals surface area contributed by atoms with E-state index in [1.807, 2.05) is 6.92 Å². The molecule has 3 rings (SSSR count). The van der Waals surface area contributed by atoms with Gasteiger partial charge in [0.05, 0.1) is 0 Å². The Balaban J connectivity index is 1.56. The Kier molecular flexibility index (Phi) is 3.87. The van der Waals surface area contributed by atoms with Crippen LogP contribution < -0.4 is 10.2 Å². The van der Waals surface area contributed by atoms with Gasteiger partial charge in [-0.15, -0.1) is 10.2 Å². The summed E-state index contributed by atoms with van der Waals surface area (Å²) in [5, 5.41) is 14.1. The molecule has 106 valence electrons. The number of hydrogen-bond acceptors (Lipinski definition) is 5. The summed E-state index contributed by atoms with van der Waals surface area (Å²) in [5.74, 6) is 0. The average molecular weight is 288 g/mol. The third-order valence-electron chi connectivity index (χ3n) is 3.67. The van der Waals surface area contributed by atoms with Crippen molar-refractivity contribution in [3.8, 4) is 0 Å². The second-order valence-corrected chi connectivity index (χ2v) is 6.54. The van der Waals surface area contributed by atoms with Gasteiger partial charge in [-0.3, -0.25) is 0 Å². The molecule has 0 saturated carbocycles. The van der Waals surface area contributed by atoms with Crippen molar-refractivity contribution in [3.63, 3.8) is 0 Å². The first-order valence-corrected chi connectivity index (χ1v) is 7.90. The van der Waals surface area contributed by atoms with Crippen molar-refractivity contribution < 1.29 is 0 Å². The van der Waals surface area contributed by atoms with Gasteiger partial charge >= 0.3 is 0 Å². The Morgan fingerprint density at radius 2 is 2.00 bits per heavy atom. The number of anilines is 2. The fraction of sp³-hybridized carbons (Fsp3) is 0.467. The lowest BCUT2D eigenvalue weighted by atomic mass is 10.0. The number of nitrogens with zero attached hydrogens (tertiary/aromatic N) is 3. The Labute approximate surface area is 123 Å². The van der Waals surface area contributed by atoms with Gasteiger partial charge in [0, 0.05) is 24.8 Å². The zero-order valence-electron chi connectivity index (χ0n) is 12.0. The van der Waals surface area contributed by atoms with Crippen molar-refractivity contribution in [1.29, 1.82) is 0 Å². The van der Waals surface area contributed by atoms with Crippen LogP contribution in [0.1, 0.15) is 23.4 Å². The number of rotatable bonds is 3.